The zero-order valence-corrected chi connectivity index (χ0v) is 39.7. The summed E-state index contributed by atoms with van der Waals surface area (Å²) < 4.78 is 37.3. The van der Waals surface area contributed by atoms with Gasteiger partial charge in [-0.2, -0.15) is 0 Å². The van der Waals surface area contributed by atoms with Crippen LogP contribution in [0.5, 0.6) is 11.5 Å². The fourth-order valence-electron chi connectivity index (χ4n) is 10.0. The number of hydrogen-bond donors (Lipinski definition) is 4. The Balaban J connectivity index is 0.793. The van der Waals surface area contributed by atoms with Crippen LogP contribution in [0.4, 0.5) is 0 Å². The molecule has 1 fully saturated rings. The van der Waals surface area contributed by atoms with Gasteiger partial charge in [0.05, 0.1) is 50.4 Å². The molecule has 0 bridgehead atoms. The van der Waals surface area contributed by atoms with Crippen LogP contribution in [0.15, 0.2) is 141 Å². The summed E-state index contributed by atoms with van der Waals surface area (Å²) in [6.45, 7) is 6.09. The van der Waals surface area contributed by atoms with E-state index in [4.69, 9.17) is 33.2 Å². The number of rotatable bonds is 21. The molecule has 13 heteroatoms. The Labute approximate surface area is 411 Å². The average molecular weight is 956 g/mol. The maximum absolute atomic E-state index is 11.6. The lowest BCUT2D eigenvalue weighted by Gasteiger charge is -2.25. The van der Waals surface area contributed by atoms with Crippen molar-refractivity contribution in [2.45, 2.75) is 77.8 Å². The van der Waals surface area contributed by atoms with Crippen LogP contribution in [0.3, 0.4) is 0 Å². The van der Waals surface area contributed by atoms with Gasteiger partial charge in [-0.05, 0) is 115 Å². The number of fused-ring (bicyclic) bond motifs is 4. The minimum absolute atomic E-state index is 0.123. The first-order valence-corrected chi connectivity index (χ1v) is 24.2. The minimum Gasteiger partial charge on any atom is -0.488 e. The Morgan fingerprint density at radius 3 is 2.35 bits per heavy atom. The molecule has 13 nitrogen and oxygen atoms in total. The number of furan rings is 3. The van der Waals surface area contributed by atoms with Crippen molar-refractivity contribution in [2.24, 2.45) is 5.73 Å². The summed E-state index contributed by atoms with van der Waals surface area (Å²) in [5.74, 6) is -0.738. The number of nitrogens with one attached hydrogen (secondary N) is 1. The van der Waals surface area contributed by atoms with Crippen molar-refractivity contribution in [3.63, 3.8) is 0 Å². The molecule has 1 aliphatic carbocycles. The summed E-state index contributed by atoms with van der Waals surface area (Å²) in [7, 11) is 0. The van der Waals surface area contributed by atoms with Gasteiger partial charge in [0, 0.05) is 69.8 Å². The summed E-state index contributed by atoms with van der Waals surface area (Å²) in [6, 6.07) is 29.8. The largest absolute Gasteiger partial charge is 0.488 e. The summed E-state index contributed by atoms with van der Waals surface area (Å²) >= 11 is 0. The van der Waals surface area contributed by atoms with E-state index in [1.54, 1.807) is 37.0 Å². The zero-order valence-electron chi connectivity index (χ0n) is 39.7. The number of allylic oxidation sites excluding steroid dienone is 2. The summed E-state index contributed by atoms with van der Waals surface area (Å²) in [6.07, 6.45) is 13.3. The molecule has 10 rings (SSSR count). The third-order valence-corrected chi connectivity index (χ3v) is 13.6. The van der Waals surface area contributed by atoms with E-state index in [9.17, 15) is 19.8 Å². The average Bonchev–Trinajstić information content (AvgIpc) is 4.21. The Bertz CT molecular complexity index is 3300. The lowest BCUT2D eigenvalue weighted by atomic mass is 9.91. The second kappa shape index (κ2) is 21.3. The molecule has 1 aliphatic heterocycles. The van der Waals surface area contributed by atoms with Gasteiger partial charge in [0.2, 0.25) is 0 Å². The van der Waals surface area contributed by atoms with Crippen LogP contribution in [0, 0.1) is 6.92 Å². The van der Waals surface area contributed by atoms with E-state index in [2.05, 4.69) is 52.7 Å². The lowest BCUT2D eigenvalue weighted by molar-refractivity contribution is -0.137. The van der Waals surface area contributed by atoms with Crippen molar-refractivity contribution in [2.75, 3.05) is 26.4 Å². The molecule has 5 aromatic carbocycles. The second-order valence-corrected chi connectivity index (χ2v) is 18.5. The molecule has 0 amide bonds. The second-order valence-electron chi connectivity index (χ2n) is 18.5. The quantitative estimate of drug-likeness (QED) is 0.0395. The standard InChI is InChI=1S/C58H57N3O10/c1-36-14-15-42(25-55(64)65)53(19-36)69-31-46-33-71-58-48-16-18-67-57(48)50(26-51(46)58)40-11-5-8-38(21-40)28-60-35-66-34-47-12-6-17-61(47)29-44-22-43(39-10-4-7-37(20-39)27-59)23-49-45(32-70-56(44)49)30-68-52-13-3-2-9-41(52)24-54(62)63/h2-4,7-10,13-16,18-23,26,32-33,47,60H,5-6,11-12,17,24-25,27-31,34-35,59H2,1H3,(H,62,63)(H,64,65)/t47-/m1/s1. The number of nitrogens with two attached hydrogens (primary N) is 1. The van der Waals surface area contributed by atoms with E-state index in [-0.39, 0.29) is 32.1 Å². The number of carboxylic acid groups (broad SMARTS) is 2. The van der Waals surface area contributed by atoms with Crippen molar-refractivity contribution in [1.29, 1.82) is 0 Å². The first-order valence-electron chi connectivity index (χ1n) is 24.2. The van der Waals surface area contributed by atoms with Crippen molar-refractivity contribution >= 4 is 50.4 Å². The molecule has 0 saturated carbocycles. The third-order valence-electron chi connectivity index (χ3n) is 13.6. The van der Waals surface area contributed by atoms with Crippen molar-refractivity contribution in [3.8, 4) is 22.6 Å². The molecule has 3 aromatic heterocycles. The molecular formula is C58H57N3O10. The van der Waals surface area contributed by atoms with E-state index >= 15 is 0 Å². The fourth-order valence-corrected chi connectivity index (χ4v) is 10.0. The first kappa shape index (κ1) is 47.3. The van der Waals surface area contributed by atoms with Gasteiger partial charge >= 0.3 is 11.9 Å². The van der Waals surface area contributed by atoms with E-state index < -0.39 is 11.9 Å². The molecule has 0 unspecified atom stereocenters. The molecule has 71 heavy (non-hydrogen) atoms. The molecule has 8 aromatic rings. The summed E-state index contributed by atoms with van der Waals surface area (Å²) in [5, 5.41) is 25.2. The van der Waals surface area contributed by atoms with Gasteiger partial charge < -0.3 is 43.4 Å². The van der Waals surface area contributed by atoms with E-state index in [0.717, 1.165) is 110 Å². The van der Waals surface area contributed by atoms with E-state index in [1.807, 2.05) is 49.4 Å². The molecule has 364 valence electrons. The lowest BCUT2D eigenvalue weighted by Crippen LogP contribution is -2.34. The number of hydrogen-bond acceptors (Lipinski definition) is 11. The zero-order chi connectivity index (χ0) is 48.8. The van der Waals surface area contributed by atoms with Gasteiger partial charge in [0.15, 0.2) is 0 Å². The monoisotopic (exact) mass is 955 g/mol. The predicted molar refractivity (Wildman–Crippen MR) is 272 cm³/mol. The molecular weight excluding hydrogens is 899 g/mol. The van der Waals surface area contributed by atoms with Gasteiger partial charge in [0.25, 0.3) is 0 Å². The Kier molecular flexibility index (Phi) is 14.2. The highest BCUT2D eigenvalue weighted by Crippen LogP contribution is 2.40. The molecule has 1 saturated heterocycles. The van der Waals surface area contributed by atoms with Crippen LogP contribution < -0.4 is 20.5 Å². The predicted octanol–water partition coefficient (Wildman–Crippen LogP) is 11.1. The third kappa shape index (κ3) is 10.7. The minimum atomic E-state index is -0.914. The van der Waals surface area contributed by atoms with Crippen LogP contribution in [0.1, 0.15) is 70.2 Å². The van der Waals surface area contributed by atoms with Gasteiger partial charge in [-0.1, -0.05) is 60.7 Å². The first-order chi connectivity index (χ1) is 34.7. The number of para-hydroxylation sites is 1. The smallest absolute Gasteiger partial charge is 0.307 e. The number of aliphatic carboxylic acids is 2. The summed E-state index contributed by atoms with van der Waals surface area (Å²) in [4.78, 5) is 25.6. The van der Waals surface area contributed by atoms with E-state index in [1.165, 1.54) is 11.1 Å². The summed E-state index contributed by atoms with van der Waals surface area (Å²) in [5.41, 5.74) is 19.9. The van der Waals surface area contributed by atoms with Gasteiger partial charge in [0.1, 0.15) is 41.5 Å². The molecule has 0 spiro atoms. The fraction of sp³-hybridized carbons (Fsp3) is 0.276. The molecule has 4 heterocycles. The number of benzene rings is 5. The topological polar surface area (TPSA) is 183 Å². The molecule has 1 atom stereocenters. The number of carboxylic acids is 2. The van der Waals surface area contributed by atoms with Crippen LogP contribution in [-0.4, -0.2) is 59.5 Å². The van der Waals surface area contributed by atoms with Crippen LogP contribution >= 0.6 is 0 Å². The van der Waals surface area contributed by atoms with E-state index in [0.29, 0.717) is 55.6 Å². The Morgan fingerprint density at radius 1 is 0.761 bits per heavy atom. The Hall–Kier alpha value is -7.42. The normalized spacial score (nSPS) is 15.2. The SMILES string of the molecule is Cc1ccc(CC(=O)O)c(OCc2coc3c2cc(C2=CC(CNCOC[C@H]4CCCN4Cc4cc(-c5cccc(CN)c5)cc5c(COc6ccccc6CC(=O)O)coc45)=CCC2)c2occc23)c1. The maximum atomic E-state index is 11.6. The van der Waals surface area contributed by atoms with Gasteiger partial charge in [-0.25, -0.2) is 0 Å². The van der Waals surface area contributed by atoms with Crippen LogP contribution in [-0.2, 0) is 53.5 Å². The molecule has 2 aliphatic rings. The maximum Gasteiger partial charge on any atom is 0.307 e. The van der Waals surface area contributed by atoms with Gasteiger partial charge in [-0.15, -0.1) is 0 Å². The number of aryl methyl sites for hydroxylation is 1. The van der Waals surface area contributed by atoms with Crippen molar-refractivity contribution in [3.05, 3.63) is 172 Å². The number of ether oxygens (including phenoxy) is 3. The molecule has 5 N–H and O–H groups in total. The van der Waals surface area contributed by atoms with Crippen molar-refractivity contribution in [1.82, 2.24) is 10.2 Å². The number of carbonyl (C=O) groups is 2. The highest BCUT2D eigenvalue weighted by atomic mass is 16.5. The number of nitrogens with zero attached hydrogens (tertiary/aromatic N) is 1. The Morgan fingerprint density at radius 2 is 1.54 bits per heavy atom. The van der Waals surface area contributed by atoms with Crippen LogP contribution in [0.2, 0.25) is 0 Å². The number of likely N-dealkylation sites (tertiary alicyclic amines) is 1. The molecule has 0 radical (unpaired) electrons. The van der Waals surface area contributed by atoms with Gasteiger partial charge in [-0.3, -0.25) is 19.8 Å². The highest BCUT2D eigenvalue weighted by Gasteiger charge is 2.27. The van der Waals surface area contributed by atoms with Crippen LogP contribution in [0.25, 0.3) is 49.6 Å². The highest BCUT2D eigenvalue weighted by molar-refractivity contribution is 6.08. The van der Waals surface area contributed by atoms with Crippen molar-refractivity contribution < 1.29 is 47.3 Å².